The monoisotopic (exact) mass is 383 g/mol. The molecule has 2 aliphatic rings. The Balaban J connectivity index is 1.56. The molecule has 6 nitrogen and oxygen atoms in total. The summed E-state index contributed by atoms with van der Waals surface area (Å²) >= 11 is 0. The second-order valence-corrected chi connectivity index (χ2v) is 7.25. The van der Waals surface area contributed by atoms with Crippen LogP contribution >= 0.6 is 0 Å². The van der Waals surface area contributed by atoms with Gasteiger partial charge in [-0.3, -0.25) is 0 Å². The summed E-state index contributed by atoms with van der Waals surface area (Å²) < 4.78 is 33.7. The Morgan fingerprint density at radius 3 is 2.64 bits per heavy atom. The first kappa shape index (κ1) is 18.3. The Morgan fingerprint density at radius 2 is 1.96 bits per heavy atom. The van der Waals surface area contributed by atoms with Crippen molar-refractivity contribution < 1.29 is 13.5 Å². The molecule has 3 heterocycles. The maximum Gasteiger partial charge on any atom is 0.199 e. The molecule has 144 valence electrons. The number of fused-ring (bicyclic) bond motifs is 1. The summed E-state index contributed by atoms with van der Waals surface area (Å²) in [5, 5.41) is 8.93. The van der Waals surface area contributed by atoms with Gasteiger partial charge in [0.1, 0.15) is 18.2 Å². The summed E-state index contributed by atoms with van der Waals surface area (Å²) in [6.07, 6.45) is 1.57. The lowest BCUT2D eigenvalue weighted by Gasteiger charge is -2.33. The van der Waals surface area contributed by atoms with Gasteiger partial charge in [-0.05, 0) is 19.9 Å². The van der Waals surface area contributed by atoms with Crippen LogP contribution in [0.1, 0.15) is 37.9 Å². The number of rotatable bonds is 4. The SMILES string of the molecule is CC(C)Oc1cc2c(cc1F)N=C2c1cc(N2CCC(F)(C#N)CC2)ncn1. The van der Waals surface area contributed by atoms with Crippen molar-refractivity contribution in [2.45, 2.75) is 38.5 Å². The molecule has 0 N–H and O–H groups in total. The molecule has 0 radical (unpaired) electrons. The fourth-order valence-electron chi connectivity index (χ4n) is 3.34. The molecule has 1 aromatic heterocycles. The zero-order chi connectivity index (χ0) is 19.9. The number of halogens is 2. The molecule has 1 fully saturated rings. The number of hydrogen-bond donors (Lipinski definition) is 0. The third-order valence-electron chi connectivity index (χ3n) is 4.88. The van der Waals surface area contributed by atoms with Crippen LogP contribution in [-0.4, -0.2) is 40.5 Å². The highest BCUT2D eigenvalue weighted by Gasteiger charge is 2.35. The molecule has 0 atom stereocenters. The normalized spacial score (nSPS) is 17.4. The van der Waals surface area contributed by atoms with Gasteiger partial charge in [-0.15, -0.1) is 0 Å². The second kappa shape index (κ2) is 6.82. The molecule has 0 amide bonds. The van der Waals surface area contributed by atoms with Crippen molar-refractivity contribution in [2.75, 3.05) is 18.0 Å². The maximum atomic E-state index is 14.1. The van der Waals surface area contributed by atoms with Gasteiger partial charge >= 0.3 is 0 Å². The van der Waals surface area contributed by atoms with Crippen molar-refractivity contribution in [1.29, 1.82) is 5.26 Å². The van der Waals surface area contributed by atoms with E-state index in [0.717, 1.165) is 5.56 Å². The van der Waals surface area contributed by atoms with E-state index >= 15 is 0 Å². The second-order valence-electron chi connectivity index (χ2n) is 7.25. The van der Waals surface area contributed by atoms with E-state index in [2.05, 4.69) is 15.0 Å². The van der Waals surface area contributed by atoms with E-state index in [1.165, 1.54) is 12.4 Å². The van der Waals surface area contributed by atoms with Crippen molar-refractivity contribution in [3.05, 3.63) is 41.6 Å². The fourth-order valence-corrected chi connectivity index (χ4v) is 3.34. The van der Waals surface area contributed by atoms with E-state index in [4.69, 9.17) is 10.00 Å². The average Bonchev–Trinajstić information content (AvgIpc) is 2.67. The lowest BCUT2D eigenvalue weighted by Crippen LogP contribution is -2.41. The molecule has 0 aliphatic carbocycles. The predicted octanol–water partition coefficient (Wildman–Crippen LogP) is 3.72. The van der Waals surface area contributed by atoms with Crippen LogP contribution in [0.15, 0.2) is 29.5 Å². The van der Waals surface area contributed by atoms with Gasteiger partial charge in [0.15, 0.2) is 17.2 Å². The highest BCUT2D eigenvalue weighted by molar-refractivity contribution is 6.21. The van der Waals surface area contributed by atoms with E-state index < -0.39 is 11.5 Å². The summed E-state index contributed by atoms with van der Waals surface area (Å²) in [7, 11) is 0. The Labute approximate surface area is 161 Å². The van der Waals surface area contributed by atoms with Crippen molar-refractivity contribution in [3.63, 3.8) is 0 Å². The maximum absolute atomic E-state index is 14.1. The molecular weight excluding hydrogens is 364 g/mol. The molecule has 0 saturated carbocycles. The molecular formula is C20H19F2N5O. The smallest absolute Gasteiger partial charge is 0.199 e. The average molecular weight is 383 g/mol. The van der Waals surface area contributed by atoms with Crippen molar-refractivity contribution in [2.24, 2.45) is 4.99 Å². The number of benzene rings is 1. The molecule has 0 spiro atoms. The van der Waals surface area contributed by atoms with Gasteiger partial charge in [0, 0.05) is 43.6 Å². The van der Waals surface area contributed by atoms with Crippen LogP contribution in [0.4, 0.5) is 20.3 Å². The quantitative estimate of drug-likeness (QED) is 0.686. The van der Waals surface area contributed by atoms with Crippen molar-refractivity contribution >= 4 is 17.2 Å². The molecule has 2 aliphatic heterocycles. The summed E-state index contributed by atoms with van der Waals surface area (Å²) in [5.41, 5.74) is 0.809. The van der Waals surface area contributed by atoms with Gasteiger partial charge < -0.3 is 9.64 Å². The van der Waals surface area contributed by atoms with Crippen LogP contribution in [0.3, 0.4) is 0 Å². The topological polar surface area (TPSA) is 74.4 Å². The largest absolute Gasteiger partial charge is 0.488 e. The number of ether oxygens (including phenoxy) is 1. The van der Waals surface area contributed by atoms with Crippen LogP contribution < -0.4 is 9.64 Å². The summed E-state index contributed by atoms with van der Waals surface area (Å²) in [4.78, 5) is 14.9. The first-order valence-corrected chi connectivity index (χ1v) is 9.15. The summed E-state index contributed by atoms with van der Waals surface area (Å²) in [5.74, 6) is 0.392. The Hall–Kier alpha value is -3.08. The highest BCUT2D eigenvalue weighted by atomic mass is 19.1. The van der Waals surface area contributed by atoms with Crippen molar-refractivity contribution in [1.82, 2.24) is 9.97 Å². The van der Waals surface area contributed by atoms with E-state index in [-0.39, 0.29) is 24.7 Å². The van der Waals surface area contributed by atoms with Crippen LogP contribution in [0.5, 0.6) is 5.75 Å². The molecule has 1 aromatic carbocycles. The number of aromatic nitrogens is 2. The van der Waals surface area contributed by atoms with E-state index in [0.29, 0.717) is 36.0 Å². The number of hydrogen-bond acceptors (Lipinski definition) is 6. The predicted molar refractivity (Wildman–Crippen MR) is 100 cm³/mol. The van der Waals surface area contributed by atoms with Gasteiger partial charge in [-0.25, -0.2) is 23.7 Å². The minimum absolute atomic E-state index is 0.141. The number of nitriles is 1. The molecule has 28 heavy (non-hydrogen) atoms. The van der Waals surface area contributed by atoms with E-state index in [1.807, 2.05) is 18.7 Å². The fraction of sp³-hybridized carbons (Fsp3) is 0.400. The van der Waals surface area contributed by atoms with Crippen molar-refractivity contribution in [3.8, 4) is 11.8 Å². The minimum atomic E-state index is -1.76. The van der Waals surface area contributed by atoms with Crippen LogP contribution in [-0.2, 0) is 0 Å². The zero-order valence-electron chi connectivity index (χ0n) is 15.6. The number of alkyl halides is 1. The molecule has 2 aromatic rings. The van der Waals surface area contributed by atoms with Gasteiger partial charge in [0.2, 0.25) is 0 Å². The first-order valence-electron chi connectivity index (χ1n) is 9.15. The van der Waals surface area contributed by atoms with Gasteiger partial charge in [0.25, 0.3) is 0 Å². The Morgan fingerprint density at radius 1 is 1.21 bits per heavy atom. The standard InChI is InChI=1S/C20H19F2N5O/c1-12(2)28-17-7-13-15(8-14(17)21)26-19(13)16-9-18(25-11-24-16)27-5-3-20(22,10-23)4-6-27/h7-9,11-12H,3-6H2,1-2H3. The van der Waals surface area contributed by atoms with Crippen LogP contribution in [0.2, 0.25) is 0 Å². The molecule has 0 bridgehead atoms. The number of nitrogens with zero attached hydrogens (tertiary/aromatic N) is 5. The van der Waals surface area contributed by atoms with Crippen LogP contribution in [0.25, 0.3) is 0 Å². The van der Waals surface area contributed by atoms with E-state index in [9.17, 15) is 8.78 Å². The highest BCUT2D eigenvalue weighted by Crippen LogP contribution is 2.38. The molecule has 8 heteroatoms. The molecule has 0 unspecified atom stereocenters. The van der Waals surface area contributed by atoms with E-state index in [1.54, 1.807) is 18.2 Å². The molecule has 4 rings (SSSR count). The number of aliphatic imine (C=N–C) groups is 1. The lowest BCUT2D eigenvalue weighted by atomic mass is 9.95. The zero-order valence-corrected chi connectivity index (χ0v) is 15.6. The van der Waals surface area contributed by atoms with Gasteiger partial charge in [-0.1, -0.05) is 0 Å². The minimum Gasteiger partial charge on any atom is -0.488 e. The van der Waals surface area contributed by atoms with Gasteiger partial charge in [-0.2, -0.15) is 5.26 Å². The van der Waals surface area contributed by atoms with Crippen LogP contribution in [0, 0.1) is 17.1 Å². The lowest BCUT2D eigenvalue weighted by molar-refractivity contribution is 0.193. The Kier molecular flexibility index (Phi) is 4.46. The molecule has 1 saturated heterocycles. The number of piperidine rings is 1. The number of anilines is 1. The first-order chi connectivity index (χ1) is 13.4. The summed E-state index contributed by atoms with van der Waals surface area (Å²) in [6, 6.07) is 6.52. The Bertz CT molecular complexity index is 991. The third kappa shape index (κ3) is 3.28. The third-order valence-corrected chi connectivity index (χ3v) is 4.88. The summed E-state index contributed by atoms with van der Waals surface area (Å²) in [6.45, 7) is 4.48. The van der Waals surface area contributed by atoms with Gasteiger partial charge in [0.05, 0.1) is 23.2 Å².